The number of amides is 3. The Bertz CT molecular complexity index is 1150. The molecule has 0 heterocycles. The minimum absolute atomic E-state index is 0.0482. The van der Waals surface area contributed by atoms with Gasteiger partial charge in [-0.2, -0.15) is 0 Å². The van der Waals surface area contributed by atoms with Crippen LogP contribution in [0.5, 0.6) is 11.5 Å². The van der Waals surface area contributed by atoms with Gasteiger partial charge in [-0.25, -0.2) is 4.79 Å². The molecule has 212 valence electrons. The zero-order chi connectivity index (χ0) is 29.0. The van der Waals surface area contributed by atoms with Crippen LogP contribution in [-0.4, -0.2) is 56.2 Å². The van der Waals surface area contributed by atoms with Gasteiger partial charge in [0, 0.05) is 18.0 Å². The molecule has 0 aromatic heterocycles. The van der Waals surface area contributed by atoms with Crippen LogP contribution in [0.25, 0.3) is 0 Å². The largest absolute Gasteiger partial charge is 0.508 e. The number of alkyl carbamates (subject to hydrolysis) is 1. The molecular weight excluding hydrogens is 498 g/mol. The highest BCUT2D eigenvalue weighted by atomic mass is 16.6. The van der Waals surface area contributed by atoms with Crippen LogP contribution in [0.4, 0.5) is 4.79 Å². The van der Waals surface area contributed by atoms with Gasteiger partial charge in [0.2, 0.25) is 11.8 Å². The van der Waals surface area contributed by atoms with E-state index >= 15 is 0 Å². The van der Waals surface area contributed by atoms with E-state index in [1.165, 1.54) is 24.3 Å². The molecule has 0 spiro atoms. The van der Waals surface area contributed by atoms with Crippen molar-refractivity contribution in [3.8, 4) is 11.5 Å². The van der Waals surface area contributed by atoms with Crippen molar-refractivity contribution in [2.24, 2.45) is 0 Å². The molecule has 9 heteroatoms. The van der Waals surface area contributed by atoms with Crippen LogP contribution in [0, 0.1) is 0 Å². The van der Waals surface area contributed by atoms with E-state index in [4.69, 9.17) is 4.74 Å². The lowest BCUT2D eigenvalue weighted by Crippen LogP contribution is -2.59. The molecule has 1 saturated carbocycles. The number of nitrogens with one attached hydrogen (secondary N) is 2. The summed E-state index contributed by atoms with van der Waals surface area (Å²) >= 11 is 0. The fraction of sp³-hybridized carbons (Fsp3) is 0.500. The van der Waals surface area contributed by atoms with Gasteiger partial charge in [0.05, 0.1) is 0 Å². The number of ether oxygens (including phenoxy) is 1. The molecule has 1 fully saturated rings. The molecule has 9 nitrogen and oxygen atoms in total. The maximum absolute atomic E-state index is 14.4. The Hall–Kier alpha value is -3.75. The Morgan fingerprint density at radius 2 is 1.46 bits per heavy atom. The number of hydrogen-bond acceptors (Lipinski definition) is 6. The zero-order valence-corrected chi connectivity index (χ0v) is 23.7. The topological polar surface area (TPSA) is 128 Å². The predicted molar refractivity (Wildman–Crippen MR) is 148 cm³/mol. The average molecular weight is 540 g/mol. The summed E-state index contributed by atoms with van der Waals surface area (Å²) in [6.45, 7) is 10.8. The average Bonchev–Trinajstić information content (AvgIpc) is 2.76. The first-order valence-electron chi connectivity index (χ1n) is 13.3. The van der Waals surface area contributed by atoms with Crippen LogP contribution in [0.3, 0.4) is 0 Å². The first-order valence-corrected chi connectivity index (χ1v) is 13.3. The highest BCUT2D eigenvalue weighted by Crippen LogP contribution is 2.35. The molecule has 0 radical (unpaired) electrons. The van der Waals surface area contributed by atoms with Gasteiger partial charge < -0.3 is 30.5 Å². The molecule has 3 rings (SSSR count). The van der Waals surface area contributed by atoms with Crippen LogP contribution < -0.4 is 10.6 Å². The van der Waals surface area contributed by atoms with Crippen molar-refractivity contribution in [3.05, 3.63) is 59.7 Å². The van der Waals surface area contributed by atoms with E-state index in [9.17, 15) is 24.6 Å². The van der Waals surface area contributed by atoms with Crippen LogP contribution in [0.2, 0.25) is 0 Å². The Balaban J connectivity index is 2.04. The third-order valence-corrected chi connectivity index (χ3v) is 6.32. The van der Waals surface area contributed by atoms with E-state index < -0.39 is 35.2 Å². The molecule has 3 amide bonds. The molecule has 0 bridgehead atoms. The maximum Gasteiger partial charge on any atom is 0.408 e. The standard InChI is InChI=1S/C30H41N3O6/c1-29(2,3)32-26(36)25(20-12-16-23(35)17-13-20)33(21-8-7-9-21)27(37)24(31-28(38)39-30(4,5)6)18-19-10-14-22(34)15-11-19/h10-17,21,24-25,34-35H,7-9,18H2,1-6H3,(H,31,38)(H,32,36). The van der Waals surface area contributed by atoms with Crippen LogP contribution in [0.1, 0.15) is 78.0 Å². The van der Waals surface area contributed by atoms with Crippen molar-refractivity contribution >= 4 is 17.9 Å². The highest BCUT2D eigenvalue weighted by molar-refractivity contribution is 5.93. The number of carbonyl (C=O) groups is 3. The fourth-order valence-corrected chi connectivity index (χ4v) is 4.41. The summed E-state index contributed by atoms with van der Waals surface area (Å²) in [7, 11) is 0. The summed E-state index contributed by atoms with van der Waals surface area (Å²) in [6, 6.07) is 10.4. The smallest absolute Gasteiger partial charge is 0.408 e. The second-order valence-electron chi connectivity index (χ2n) is 12.1. The Kier molecular flexibility index (Phi) is 9.14. The number of benzene rings is 2. The SMILES string of the molecule is CC(C)(C)NC(=O)C(c1ccc(O)cc1)N(C(=O)C(Cc1ccc(O)cc1)NC(=O)OC(C)(C)C)C1CCC1. The summed E-state index contributed by atoms with van der Waals surface area (Å²) in [4.78, 5) is 42.6. The highest BCUT2D eigenvalue weighted by Gasteiger charge is 2.42. The van der Waals surface area contributed by atoms with Crippen molar-refractivity contribution in [3.63, 3.8) is 0 Å². The van der Waals surface area contributed by atoms with E-state index in [2.05, 4.69) is 10.6 Å². The van der Waals surface area contributed by atoms with Gasteiger partial charge in [0.25, 0.3) is 0 Å². The first-order chi connectivity index (χ1) is 18.1. The van der Waals surface area contributed by atoms with Gasteiger partial charge in [0.15, 0.2) is 0 Å². The van der Waals surface area contributed by atoms with Crippen LogP contribution in [-0.2, 0) is 20.7 Å². The monoisotopic (exact) mass is 539 g/mol. The van der Waals surface area contributed by atoms with Gasteiger partial charge in [-0.1, -0.05) is 24.3 Å². The molecule has 2 unspecified atom stereocenters. The number of nitrogens with zero attached hydrogens (tertiary/aromatic N) is 1. The van der Waals surface area contributed by atoms with Gasteiger partial charge in [-0.15, -0.1) is 0 Å². The molecule has 2 atom stereocenters. The quantitative estimate of drug-likeness (QED) is 0.389. The Morgan fingerprint density at radius 3 is 1.92 bits per heavy atom. The van der Waals surface area contributed by atoms with E-state index in [1.807, 2.05) is 20.8 Å². The summed E-state index contributed by atoms with van der Waals surface area (Å²) in [5.74, 6) is -0.633. The number of rotatable bonds is 8. The second-order valence-corrected chi connectivity index (χ2v) is 12.1. The normalized spacial score (nSPS) is 15.4. The van der Waals surface area contributed by atoms with Crippen molar-refractivity contribution in [1.82, 2.24) is 15.5 Å². The van der Waals surface area contributed by atoms with E-state index in [0.29, 0.717) is 5.56 Å². The van der Waals surface area contributed by atoms with Gasteiger partial charge in [0.1, 0.15) is 29.2 Å². The molecule has 0 aliphatic heterocycles. The fourth-order valence-electron chi connectivity index (χ4n) is 4.41. The molecule has 4 N–H and O–H groups in total. The van der Waals surface area contributed by atoms with Crippen molar-refractivity contribution in [2.75, 3.05) is 0 Å². The van der Waals surface area contributed by atoms with E-state index in [0.717, 1.165) is 24.8 Å². The third kappa shape index (κ3) is 8.63. The molecule has 2 aromatic carbocycles. The molecule has 2 aromatic rings. The zero-order valence-electron chi connectivity index (χ0n) is 23.7. The minimum Gasteiger partial charge on any atom is -0.508 e. The van der Waals surface area contributed by atoms with Gasteiger partial charge in [-0.3, -0.25) is 9.59 Å². The molecule has 1 aliphatic rings. The van der Waals surface area contributed by atoms with E-state index in [-0.39, 0.29) is 29.9 Å². The Labute approximate surface area is 230 Å². The maximum atomic E-state index is 14.4. The first kappa shape index (κ1) is 29.8. The summed E-state index contributed by atoms with van der Waals surface area (Å²) < 4.78 is 5.46. The second kappa shape index (κ2) is 12.0. The van der Waals surface area contributed by atoms with Gasteiger partial charge in [-0.05, 0) is 96.2 Å². The summed E-state index contributed by atoms with van der Waals surface area (Å²) in [6.07, 6.45) is 1.75. The van der Waals surface area contributed by atoms with Crippen LogP contribution in [0.15, 0.2) is 48.5 Å². The van der Waals surface area contributed by atoms with Crippen LogP contribution >= 0.6 is 0 Å². The van der Waals surface area contributed by atoms with Crippen molar-refractivity contribution in [1.29, 1.82) is 0 Å². The third-order valence-electron chi connectivity index (χ3n) is 6.32. The number of hydrogen-bond donors (Lipinski definition) is 4. The van der Waals surface area contributed by atoms with Crippen molar-refractivity contribution < 1.29 is 29.3 Å². The number of aromatic hydroxyl groups is 2. The predicted octanol–water partition coefficient (Wildman–Crippen LogP) is 4.57. The summed E-state index contributed by atoms with van der Waals surface area (Å²) in [5, 5.41) is 25.3. The van der Waals surface area contributed by atoms with Gasteiger partial charge >= 0.3 is 6.09 Å². The van der Waals surface area contributed by atoms with Crippen molar-refractivity contribution in [2.45, 2.75) is 96.5 Å². The lowest BCUT2D eigenvalue weighted by Gasteiger charge is -2.44. The lowest BCUT2D eigenvalue weighted by molar-refractivity contribution is -0.148. The molecule has 1 aliphatic carbocycles. The Morgan fingerprint density at radius 1 is 0.923 bits per heavy atom. The minimum atomic E-state index is -1.04. The summed E-state index contributed by atoms with van der Waals surface area (Å²) in [5.41, 5.74) is -0.0576. The number of carbonyl (C=O) groups excluding carboxylic acids is 3. The van der Waals surface area contributed by atoms with E-state index in [1.54, 1.807) is 49.9 Å². The molecular formula is C30H41N3O6. The molecule has 39 heavy (non-hydrogen) atoms. The number of phenolic OH excluding ortho intramolecular Hbond substituents is 2. The molecule has 0 saturated heterocycles. The number of phenols is 2. The lowest BCUT2D eigenvalue weighted by atomic mass is 9.87.